The van der Waals surface area contributed by atoms with Crippen LogP contribution in [0.25, 0.3) is 11.6 Å². The van der Waals surface area contributed by atoms with Gasteiger partial charge in [0.15, 0.2) is 17.3 Å². The summed E-state index contributed by atoms with van der Waals surface area (Å²) >= 11 is 0. The third-order valence-electron chi connectivity index (χ3n) is 17.1. The molecule has 34 heteroatoms. The highest BCUT2D eigenvalue weighted by atomic mass is 32.2. The number of aliphatic hydroxyl groups excluding tert-OH is 1. The molecule has 496 valence electrons. The average molecular weight is 1380 g/mol. The van der Waals surface area contributed by atoms with E-state index in [4.69, 9.17) is 28.7 Å². The number of phosphoric ester groups is 1. The lowest BCUT2D eigenvalue weighted by Gasteiger charge is -2.31. The fourth-order valence-electron chi connectivity index (χ4n) is 11.8. The fraction of sp³-hybridized carbons (Fsp3) is 0.431. The van der Waals surface area contributed by atoms with Gasteiger partial charge in [-0.1, -0.05) is 104 Å². The van der Waals surface area contributed by atoms with Gasteiger partial charge in [-0.2, -0.15) is 17.0 Å². The fourth-order valence-corrected chi connectivity index (χ4v) is 16.6. The first kappa shape index (κ1) is 70.0. The molecule has 4 aromatic carbocycles. The third kappa shape index (κ3) is 14.0. The molecule has 3 heterocycles. The molecule has 0 amide bonds. The number of hydrogen-bond donors (Lipinski definition) is 7. The van der Waals surface area contributed by atoms with E-state index in [0.29, 0.717) is 22.3 Å². The minimum atomic E-state index is -5.87. The van der Waals surface area contributed by atoms with Crippen molar-refractivity contribution in [3.8, 4) is 29.1 Å². The summed E-state index contributed by atoms with van der Waals surface area (Å²) in [6, 6.07) is 12.2. The van der Waals surface area contributed by atoms with E-state index in [2.05, 4.69) is 30.0 Å². The van der Waals surface area contributed by atoms with Crippen molar-refractivity contribution >= 4 is 66.8 Å². The Bertz CT molecular complexity index is 4640. The van der Waals surface area contributed by atoms with Gasteiger partial charge in [0, 0.05) is 53.4 Å². The molecule has 7 N–H and O–H groups in total. The summed E-state index contributed by atoms with van der Waals surface area (Å²) in [5, 5.41) is 23.8. The van der Waals surface area contributed by atoms with Gasteiger partial charge in [-0.25, -0.2) is 26.9 Å². The van der Waals surface area contributed by atoms with Crippen LogP contribution in [0.1, 0.15) is 149 Å². The van der Waals surface area contributed by atoms with Crippen LogP contribution >= 0.6 is 23.5 Å². The molecule has 1 aromatic heterocycles. The first-order valence-corrected chi connectivity index (χ1v) is 35.5. The van der Waals surface area contributed by atoms with Crippen LogP contribution in [0.2, 0.25) is 0 Å². The number of Topliss-reactive ketones (excluding diaryl/α,β-unsaturated/α-hetero) is 1. The minimum absolute atomic E-state index is 0.0156. The average Bonchev–Trinajstić information content (AvgIpc) is 1.13. The molecule has 0 saturated carbocycles. The number of H-pyrrole nitrogens is 1. The Hall–Kier alpha value is -6.36. The molecule has 2 aliphatic carbocycles. The summed E-state index contributed by atoms with van der Waals surface area (Å²) in [6.45, 7) is 14.9. The number of ketones is 1. The number of benzene rings is 4. The normalized spacial score (nSPS) is 21.4. The van der Waals surface area contributed by atoms with Crippen molar-refractivity contribution in [1.29, 1.82) is 0 Å². The number of aromatic amines is 1. The summed E-state index contributed by atoms with van der Waals surface area (Å²) < 4.78 is 150. The van der Waals surface area contributed by atoms with Crippen LogP contribution in [0.15, 0.2) is 74.1 Å². The predicted octanol–water partition coefficient (Wildman–Crippen LogP) is 6.45. The first-order chi connectivity index (χ1) is 42.3. The highest BCUT2D eigenvalue weighted by Gasteiger charge is 2.47. The van der Waals surface area contributed by atoms with Gasteiger partial charge in [0.25, 0.3) is 21.4 Å². The molecule has 1 saturated heterocycles. The van der Waals surface area contributed by atoms with Gasteiger partial charge < -0.3 is 48.2 Å². The largest absolute Gasteiger partial charge is 0.744 e. The van der Waals surface area contributed by atoms with Crippen molar-refractivity contribution in [3.63, 3.8) is 0 Å². The number of rotatable bonds is 20. The Morgan fingerprint density at radius 2 is 1.60 bits per heavy atom. The minimum Gasteiger partial charge on any atom is -0.744 e. The van der Waals surface area contributed by atoms with Gasteiger partial charge in [0.05, 0.1) is 54.1 Å². The Morgan fingerprint density at radius 1 is 0.935 bits per heavy atom. The van der Waals surface area contributed by atoms with Crippen molar-refractivity contribution in [3.05, 3.63) is 146 Å². The summed E-state index contributed by atoms with van der Waals surface area (Å²) in [6.07, 6.45) is -3.39. The number of nitro groups is 1. The zero-order valence-electron chi connectivity index (χ0n) is 50.9. The second-order valence-corrected chi connectivity index (χ2v) is 32.0. The van der Waals surface area contributed by atoms with Crippen molar-refractivity contribution in [1.82, 2.24) is 9.55 Å². The second kappa shape index (κ2) is 24.8. The Morgan fingerprint density at radius 3 is 2.20 bits per heavy atom. The zero-order valence-corrected chi connectivity index (χ0v) is 55.2. The molecule has 1 fully saturated rings. The van der Waals surface area contributed by atoms with Crippen LogP contribution < -0.4 is 31.2 Å². The van der Waals surface area contributed by atoms with Crippen LogP contribution in [0, 0.1) is 39.2 Å². The summed E-state index contributed by atoms with van der Waals surface area (Å²) in [4.78, 5) is 90.0. The van der Waals surface area contributed by atoms with Crippen molar-refractivity contribution in [2.75, 3.05) is 13.7 Å². The molecule has 8 atom stereocenters. The maximum Gasteiger partial charge on any atom is 0.490 e. The van der Waals surface area contributed by atoms with Crippen LogP contribution in [-0.4, -0.2) is 96.8 Å². The molecule has 2 aliphatic heterocycles. The number of fused-ring (bicyclic) bond motifs is 4. The molecule has 29 nitrogen and oxygen atoms in total. The number of nitro benzene ring substituents is 1. The highest BCUT2D eigenvalue weighted by molar-refractivity contribution is 7.86. The number of hydrogen-bond acceptors (Lipinski definition) is 21. The quantitative estimate of drug-likeness (QED) is 0.0108. The van der Waals surface area contributed by atoms with E-state index < -0.39 is 142 Å². The molecule has 5 aromatic rings. The molecular weight excluding hydrogens is 1310 g/mol. The smallest absolute Gasteiger partial charge is 0.490 e. The number of carbonyl (C=O) groups is 1. The number of aliphatic hydroxyl groups is 1. The number of methoxy groups -OCH3 is 1. The number of nitrogens with zero attached hydrogens (tertiary/aromatic N) is 2. The van der Waals surface area contributed by atoms with E-state index in [9.17, 15) is 79.0 Å². The number of aromatic nitrogens is 2. The lowest BCUT2D eigenvalue weighted by molar-refractivity contribution is -0.386. The number of nitrogens with one attached hydrogen (secondary N) is 1. The highest BCUT2D eigenvalue weighted by Crippen LogP contribution is 2.66. The molecule has 0 bridgehead atoms. The molecule has 9 rings (SSSR count). The van der Waals surface area contributed by atoms with Gasteiger partial charge in [-0.05, 0) is 80.2 Å². The topological polar surface area (TPSA) is 444 Å². The number of phosphoric acid groups is 3. The van der Waals surface area contributed by atoms with E-state index in [1.165, 1.54) is 25.3 Å². The van der Waals surface area contributed by atoms with Crippen molar-refractivity contribution in [2.24, 2.45) is 17.3 Å². The van der Waals surface area contributed by atoms with Crippen molar-refractivity contribution < 1.29 is 106 Å². The molecule has 92 heavy (non-hydrogen) atoms. The van der Waals surface area contributed by atoms with Gasteiger partial charge in [-0.15, -0.1) is 0 Å². The lowest BCUT2D eigenvalue weighted by atomic mass is 9.77. The van der Waals surface area contributed by atoms with Gasteiger partial charge in [-0.3, -0.25) is 38.3 Å². The summed E-state index contributed by atoms with van der Waals surface area (Å²) in [5.74, 6) is 4.28. The maximum absolute atomic E-state index is 13.9. The Kier molecular flexibility index (Phi) is 18.8. The predicted molar refractivity (Wildman–Crippen MR) is 323 cm³/mol. The molecule has 0 spiro atoms. The van der Waals surface area contributed by atoms with Gasteiger partial charge >= 0.3 is 29.2 Å². The Labute approximate surface area is 526 Å². The maximum atomic E-state index is 13.9. The zero-order chi connectivity index (χ0) is 68.1. The first-order valence-electron chi connectivity index (χ1n) is 28.2. The van der Waals surface area contributed by atoms with E-state index in [1.807, 2.05) is 41.5 Å². The molecule has 4 unspecified atom stereocenters. The van der Waals surface area contributed by atoms with Crippen LogP contribution in [0.5, 0.6) is 17.2 Å². The third-order valence-corrected chi connectivity index (χ3v) is 22.8. The van der Waals surface area contributed by atoms with E-state index in [1.54, 1.807) is 51.1 Å². The van der Waals surface area contributed by atoms with E-state index in [0.717, 1.165) is 16.8 Å². The standard InChI is InChI=1S/C58H66N3O26P3S2/c1-29-19-35-40(57(29,6)7)22-38-48(39-23-41-36(20-30(2)58(41,8)9)52(92(78,79)80)50(39)85-49(38)51(35)91(75,76)77)32-17-15-31(16-18-32)43(62)14-12-11-13-33-21-42(61(66)67)37(24-45(33)81-10)53(56(3,4)5)82-27-34-26-60(55(65)59-54(34)64)47-25-44(63)46(84-47)28-83-89(71,72)87-90(73,74)86-88(68,69)70/h15-19,21-24,26,29-30,44,46-47,53,63H,12,14,20,25,27-28H2,1-10H3,(H,71,72)(H,73,74)(H,59,64,65)(H2,68,69,70)(H,75,76,77)(H,78,79,80)/p-1/t29?,30?,44-,46-,47-,53-/m1/s1. The monoisotopic (exact) mass is 1380 g/mol. The number of ether oxygens (including phenoxy) is 4. The SMILES string of the molecule is COc1cc([C@@H](OCc2cn([C@H]3C[C@@H](O)[C@@H](COP(=O)(O)OP(=O)(O)OP(=O)(O)O)O3)c(=O)[nH]c2=O)C(C)(C)C)c([N+](=O)[O-])cc1C#CCCC(=O)c1ccc(C2=c3cc4c(c(S(=O)(=O)[O-])c3Oc3c2cc2c(c3S(=O)(=O)O)CC(C)C2(C)C)=CC(C)C4(C)C)cc1. The van der Waals surface area contributed by atoms with Crippen LogP contribution in [-0.2, 0) is 80.4 Å². The van der Waals surface area contributed by atoms with E-state index >= 15 is 0 Å². The van der Waals surface area contributed by atoms with Crippen molar-refractivity contribution in [2.45, 2.75) is 140 Å². The van der Waals surface area contributed by atoms with Gasteiger partial charge in [0.1, 0.15) is 38.0 Å². The Balaban J connectivity index is 0.959. The number of carbonyl (C=O) groups excluding carboxylic acids is 1. The van der Waals surface area contributed by atoms with E-state index in [-0.39, 0.29) is 92.2 Å². The van der Waals surface area contributed by atoms with Crippen LogP contribution in [0.4, 0.5) is 5.69 Å². The summed E-state index contributed by atoms with van der Waals surface area (Å²) in [7, 11) is -26.3. The second-order valence-electron chi connectivity index (χ2n) is 24.9. The molecular formula is C58H65N3O26P3S2-. The lowest BCUT2D eigenvalue weighted by Crippen LogP contribution is -2.35. The summed E-state index contributed by atoms with van der Waals surface area (Å²) in [5.41, 5.74) is -2.38. The van der Waals surface area contributed by atoms with Gasteiger partial charge in [0.2, 0.25) is 0 Å². The molecule has 4 aliphatic rings. The van der Waals surface area contributed by atoms with Crippen LogP contribution in [0.3, 0.4) is 0 Å². The molecule has 0 radical (unpaired) electrons.